The van der Waals surface area contributed by atoms with E-state index in [2.05, 4.69) is 0 Å². The number of hydrogen-bond donors (Lipinski definition) is 0. The first-order valence-electron chi connectivity index (χ1n) is 5.52. The quantitative estimate of drug-likeness (QED) is 0.724. The van der Waals surface area contributed by atoms with Gasteiger partial charge in [-0.1, -0.05) is 13.8 Å². The number of nitrogens with zero attached hydrogens (tertiary/aromatic N) is 1. The molecule has 0 aromatic carbocycles. The third kappa shape index (κ3) is 4.30. The molecule has 0 spiro atoms. The topological polar surface area (TPSA) is 73.6 Å². The van der Waals surface area contributed by atoms with Crippen molar-refractivity contribution in [2.45, 2.75) is 20.3 Å². The van der Waals surface area contributed by atoms with E-state index in [-0.39, 0.29) is 24.8 Å². The van der Waals surface area contributed by atoms with Gasteiger partial charge in [0, 0.05) is 25.5 Å². The molecule has 0 saturated heterocycles. The Morgan fingerprint density at radius 1 is 1.47 bits per heavy atom. The number of carboxylic acids is 1. The molecule has 1 amide bonds. The van der Waals surface area contributed by atoms with Crippen molar-refractivity contribution in [2.24, 2.45) is 5.92 Å². The van der Waals surface area contributed by atoms with E-state index in [1.165, 1.54) is 17.4 Å². The maximum Gasteiger partial charge on any atom is 0.257 e. The zero-order chi connectivity index (χ0) is 12.8. The summed E-state index contributed by atoms with van der Waals surface area (Å²) in [5.41, 5.74) is 0.434. The lowest BCUT2D eigenvalue weighted by molar-refractivity contribution is -0.305. The molecule has 1 heterocycles. The maximum atomic E-state index is 12.0. The molecule has 94 valence electrons. The molecule has 5 heteroatoms. The zero-order valence-electron chi connectivity index (χ0n) is 10.0. The van der Waals surface area contributed by atoms with Crippen molar-refractivity contribution in [1.29, 1.82) is 0 Å². The van der Waals surface area contributed by atoms with Crippen molar-refractivity contribution in [1.82, 2.24) is 4.90 Å². The SMILES string of the molecule is CC(C)CN(CCC(=O)[O-])C(=O)c1ccoc1. The van der Waals surface area contributed by atoms with E-state index >= 15 is 0 Å². The second-order valence-electron chi connectivity index (χ2n) is 4.28. The highest BCUT2D eigenvalue weighted by Crippen LogP contribution is 2.08. The van der Waals surface area contributed by atoms with E-state index < -0.39 is 5.97 Å². The summed E-state index contributed by atoms with van der Waals surface area (Å²) in [4.78, 5) is 23.9. The maximum absolute atomic E-state index is 12.0. The fourth-order valence-electron chi connectivity index (χ4n) is 1.51. The summed E-state index contributed by atoms with van der Waals surface area (Å²) in [6.07, 6.45) is 2.62. The predicted molar refractivity (Wildman–Crippen MR) is 59.1 cm³/mol. The minimum atomic E-state index is -1.15. The van der Waals surface area contributed by atoms with E-state index in [0.29, 0.717) is 12.1 Å². The fraction of sp³-hybridized carbons (Fsp3) is 0.500. The lowest BCUT2D eigenvalue weighted by Crippen LogP contribution is -2.37. The average Bonchev–Trinajstić information content (AvgIpc) is 2.75. The van der Waals surface area contributed by atoms with Crippen LogP contribution in [-0.2, 0) is 4.79 Å². The number of carboxylic acid groups (broad SMARTS) is 1. The number of carbonyl (C=O) groups is 2. The molecular weight excluding hydrogens is 222 g/mol. The molecule has 0 bridgehead atoms. The van der Waals surface area contributed by atoms with Crippen LogP contribution in [0.3, 0.4) is 0 Å². The summed E-state index contributed by atoms with van der Waals surface area (Å²) in [6.45, 7) is 4.60. The monoisotopic (exact) mass is 238 g/mol. The van der Waals surface area contributed by atoms with E-state index in [0.717, 1.165) is 0 Å². The van der Waals surface area contributed by atoms with Gasteiger partial charge in [0.05, 0.1) is 11.8 Å². The van der Waals surface area contributed by atoms with Gasteiger partial charge in [-0.3, -0.25) is 4.79 Å². The molecule has 1 aromatic rings. The molecular formula is C12H16NO4-. The van der Waals surface area contributed by atoms with Gasteiger partial charge in [0.25, 0.3) is 5.91 Å². The normalized spacial score (nSPS) is 10.5. The Morgan fingerprint density at radius 2 is 2.18 bits per heavy atom. The third-order valence-electron chi connectivity index (χ3n) is 2.23. The van der Waals surface area contributed by atoms with Gasteiger partial charge < -0.3 is 19.2 Å². The van der Waals surface area contributed by atoms with Gasteiger partial charge in [-0.15, -0.1) is 0 Å². The highest BCUT2D eigenvalue weighted by Gasteiger charge is 2.17. The number of aliphatic carboxylic acids is 1. The van der Waals surface area contributed by atoms with E-state index in [1.807, 2.05) is 13.8 Å². The predicted octanol–water partition coefficient (Wildman–Crippen LogP) is 0.518. The lowest BCUT2D eigenvalue weighted by atomic mass is 10.2. The molecule has 0 aliphatic heterocycles. The average molecular weight is 238 g/mol. The molecule has 0 fully saturated rings. The number of amides is 1. The molecule has 5 nitrogen and oxygen atoms in total. The first-order valence-corrected chi connectivity index (χ1v) is 5.52. The molecule has 0 radical (unpaired) electrons. The first kappa shape index (κ1) is 13.3. The van der Waals surface area contributed by atoms with Crippen molar-refractivity contribution in [3.8, 4) is 0 Å². The van der Waals surface area contributed by atoms with Crippen molar-refractivity contribution in [2.75, 3.05) is 13.1 Å². The molecule has 0 aliphatic carbocycles. The minimum absolute atomic E-state index is 0.156. The van der Waals surface area contributed by atoms with Gasteiger partial charge in [-0.05, 0) is 12.0 Å². The first-order chi connectivity index (χ1) is 8.00. The van der Waals surface area contributed by atoms with Gasteiger partial charge >= 0.3 is 0 Å². The molecule has 0 unspecified atom stereocenters. The fourth-order valence-corrected chi connectivity index (χ4v) is 1.51. The van der Waals surface area contributed by atoms with Crippen LogP contribution >= 0.6 is 0 Å². The molecule has 1 aromatic heterocycles. The van der Waals surface area contributed by atoms with Crippen molar-refractivity contribution in [3.05, 3.63) is 24.2 Å². The summed E-state index contributed by atoms with van der Waals surface area (Å²) >= 11 is 0. The van der Waals surface area contributed by atoms with Crippen molar-refractivity contribution in [3.63, 3.8) is 0 Å². The summed E-state index contributed by atoms with van der Waals surface area (Å²) in [5.74, 6) is -1.10. The van der Waals surface area contributed by atoms with Crippen LogP contribution in [0.4, 0.5) is 0 Å². The molecule has 0 atom stereocenters. The van der Waals surface area contributed by atoms with Gasteiger partial charge in [-0.25, -0.2) is 0 Å². The van der Waals surface area contributed by atoms with Crippen LogP contribution in [0.2, 0.25) is 0 Å². The molecule has 1 rings (SSSR count). The van der Waals surface area contributed by atoms with E-state index in [9.17, 15) is 14.7 Å². The van der Waals surface area contributed by atoms with Crippen LogP contribution < -0.4 is 5.11 Å². The van der Waals surface area contributed by atoms with Crippen LogP contribution in [-0.4, -0.2) is 29.9 Å². The number of furan rings is 1. The standard InChI is InChI=1S/C12H17NO4/c1-9(2)7-13(5-3-11(14)15)12(16)10-4-6-17-8-10/h4,6,8-9H,3,5,7H2,1-2H3,(H,14,15)/p-1. The second-order valence-corrected chi connectivity index (χ2v) is 4.28. The highest BCUT2D eigenvalue weighted by atomic mass is 16.4. The van der Waals surface area contributed by atoms with Crippen molar-refractivity contribution >= 4 is 11.9 Å². The Balaban J connectivity index is 2.68. The Morgan fingerprint density at radius 3 is 2.65 bits per heavy atom. The Kier molecular flexibility index (Phi) is 4.75. The Hall–Kier alpha value is -1.78. The Bertz CT molecular complexity index is 370. The van der Waals surface area contributed by atoms with Crippen LogP contribution in [0.1, 0.15) is 30.6 Å². The summed E-state index contributed by atoms with van der Waals surface area (Å²) < 4.78 is 4.84. The highest BCUT2D eigenvalue weighted by molar-refractivity contribution is 5.94. The van der Waals surface area contributed by atoms with Crippen LogP contribution in [0.25, 0.3) is 0 Å². The third-order valence-corrected chi connectivity index (χ3v) is 2.23. The van der Waals surface area contributed by atoms with Crippen molar-refractivity contribution < 1.29 is 19.1 Å². The van der Waals surface area contributed by atoms with E-state index in [4.69, 9.17) is 4.42 Å². The summed E-state index contributed by atoms with van der Waals surface area (Å²) in [7, 11) is 0. The smallest absolute Gasteiger partial charge is 0.257 e. The van der Waals surface area contributed by atoms with Crippen LogP contribution in [0.15, 0.2) is 23.0 Å². The molecule has 0 saturated carbocycles. The van der Waals surface area contributed by atoms with Gasteiger partial charge in [0.1, 0.15) is 6.26 Å². The van der Waals surface area contributed by atoms with Gasteiger partial charge in [0.15, 0.2) is 0 Å². The molecule has 0 aliphatic rings. The lowest BCUT2D eigenvalue weighted by Gasteiger charge is -2.24. The van der Waals surface area contributed by atoms with Crippen LogP contribution in [0.5, 0.6) is 0 Å². The summed E-state index contributed by atoms with van der Waals surface area (Å²) in [6, 6.07) is 1.56. The van der Waals surface area contributed by atoms with Gasteiger partial charge in [0.2, 0.25) is 0 Å². The minimum Gasteiger partial charge on any atom is -0.550 e. The van der Waals surface area contributed by atoms with E-state index in [1.54, 1.807) is 6.07 Å². The Labute approximate surface area is 100 Å². The summed E-state index contributed by atoms with van der Waals surface area (Å²) in [5, 5.41) is 10.4. The number of carbonyl (C=O) groups excluding carboxylic acids is 2. The second kappa shape index (κ2) is 6.08. The molecule has 0 N–H and O–H groups in total. The van der Waals surface area contributed by atoms with Gasteiger partial charge in [-0.2, -0.15) is 0 Å². The molecule has 17 heavy (non-hydrogen) atoms. The van der Waals surface area contributed by atoms with Crippen LogP contribution in [0, 0.1) is 5.92 Å². The number of hydrogen-bond acceptors (Lipinski definition) is 4. The largest absolute Gasteiger partial charge is 0.550 e. The number of rotatable bonds is 6. The zero-order valence-corrected chi connectivity index (χ0v) is 10.0.